The van der Waals surface area contributed by atoms with E-state index in [4.69, 9.17) is 4.52 Å². The van der Waals surface area contributed by atoms with Gasteiger partial charge >= 0.3 is 0 Å². The number of aromatic nitrogens is 1. The summed E-state index contributed by atoms with van der Waals surface area (Å²) in [5.74, 6) is 0.960. The molecule has 0 bridgehead atoms. The van der Waals surface area contributed by atoms with E-state index in [1.54, 1.807) is 0 Å². The Morgan fingerprint density at radius 3 is 2.67 bits per heavy atom. The third kappa shape index (κ3) is 3.53. The quantitative estimate of drug-likeness (QED) is 0.932. The van der Waals surface area contributed by atoms with Crippen molar-refractivity contribution in [2.75, 3.05) is 39.3 Å². The van der Waals surface area contributed by atoms with Crippen LogP contribution in [0.4, 0.5) is 0 Å². The van der Waals surface area contributed by atoms with Gasteiger partial charge in [-0.3, -0.25) is 9.80 Å². The van der Waals surface area contributed by atoms with Gasteiger partial charge in [0, 0.05) is 50.4 Å². The molecule has 2 saturated heterocycles. The van der Waals surface area contributed by atoms with E-state index in [0.717, 1.165) is 62.3 Å². The third-order valence-electron chi connectivity index (χ3n) is 5.24. The summed E-state index contributed by atoms with van der Waals surface area (Å²) < 4.78 is 5.56. The van der Waals surface area contributed by atoms with E-state index in [2.05, 4.69) is 57.5 Å². The van der Waals surface area contributed by atoms with E-state index in [9.17, 15) is 0 Å². The monoisotopic (exact) mass is 326 g/mol. The summed E-state index contributed by atoms with van der Waals surface area (Å²) in [7, 11) is 0. The zero-order valence-electron chi connectivity index (χ0n) is 14.4. The lowest BCUT2D eigenvalue weighted by molar-refractivity contribution is 0.0920. The van der Waals surface area contributed by atoms with Gasteiger partial charge in [-0.15, -0.1) is 0 Å². The van der Waals surface area contributed by atoms with Crippen molar-refractivity contribution in [1.82, 2.24) is 20.3 Å². The highest BCUT2D eigenvalue weighted by molar-refractivity contribution is 5.59. The second kappa shape index (κ2) is 7.05. The Morgan fingerprint density at radius 2 is 1.96 bits per heavy atom. The second-order valence-corrected chi connectivity index (χ2v) is 7.00. The molecule has 1 N–H and O–H groups in total. The van der Waals surface area contributed by atoms with Gasteiger partial charge in [0.25, 0.3) is 0 Å². The van der Waals surface area contributed by atoms with Crippen molar-refractivity contribution in [3.8, 4) is 11.3 Å². The van der Waals surface area contributed by atoms with Crippen LogP contribution in [-0.2, 0) is 6.54 Å². The average Bonchev–Trinajstić information content (AvgIpc) is 3.28. The minimum absolute atomic E-state index is 0.741. The fourth-order valence-corrected chi connectivity index (χ4v) is 3.71. The number of piperazine rings is 1. The van der Waals surface area contributed by atoms with Crippen LogP contribution in [0.15, 0.2) is 34.9 Å². The SMILES string of the molecule is Cc1ccc(-c2cc(CN3CCN(C4CCNC4)CC3)on2)cc1. The van der Waals surface area contributed by atoms with Crippen LogP contribution in [0.2, 0.25) is 0 Å². The molecule has 1 atom stereocenters. The Hall–Kier alpha value is -1.69. The number of hydrogen-bond donors (Lipinski definition) is 1. The molecule has 1 unspecified atom stereocenters. The Morgan fingerprint density at radius 1 is 1.17 bits per heavy atom. The topological polar surface area (TPSA) is 44.5 Å². The molecule has 4 rings (SSSR count). The molecule has 1 aromatic heterocycles. The van der Waals surface area contributed by atoms with Gasteiger partial charge in [-0.25, -0.2) is 0 Å². The molecule has 24 heavy (non-hydrogen) atoms. The largest absolute Gasteiger partial charge is 0.359 e. The highest BCUT2D eigenvalue weighted by atomic mass is 16.5. The lowest BCUT2D eigenvalue weighted by atomic mass is 10.1. The Bertz CT molecular complexity index is 652. The van der Waals surface area contributed by atoms with Gasteiger partial charge in [0.05, 0.1) is 6.54 Å². The molecule has 2 fully saturated rings. The van der Waals surface area contributed by atoms with Crippen LogP contribution >= 0.6 is 0 Å². The van der Waals surface area contributed by atoms with Gasteiger partial charge in [-0.1, -0.05) is 35.0 Å². The highest BCUT2D eigenvalue weighted by Crippen LogP contribution is 2.21. The first-order valence-corrected chi connectivity index (χ1v) is 8.98. The fraction of sp³-hybridized carbons (Fsp3) is 0.526. The predicted molar refractivity (Wildman–Crippen MR) is 94.8 cm³/mol. The van der Waals surface area contributed by atoms with E-state index in [-0.39, 0.29) is 0 Å². The van der Waals surface area contributed by atoms with Gasteiger partial charge in [0.2, 0.25) is 0 Å². The number of nitrogens with zero attached hydrogens (tertiary/aromatic N) is 3. The summed E-state index contributed by atoms with van der Waals surface area (Å²) >= 11 is 0. The van der Waals surface area contributed by atoms with Crippen molar-refractivity contribution in [2.45, 2.75) is 25.9 Å². The molecular formula is C19H26N4O. The molecule has 2 aliphatic rings. The van der Waals surface area contributed by atoms with Crippen LogP contribution in [0.25, 0.3) is 11.3 Å². The lowest BCUT2D eigenvalue weighted by Gasteiger charge is -2.37. The van der Waals surface area contributed by atoms with Crippen molar-refractivity contribution >= 4 is 0 Å². The maximum atomic E-state index is 5.56. The Labute approximate surface area is 143 Å². The summed E-state index contributed by atoms with van der Waals surface area (Å²) in [4.78, 5) is 5.10. The first-order chi connectivity index (χ1) is 11.8. The van der Waals surface area contributed by atoms with Gasteiger partial charge in [-0.2, -0.15) is 0 Å². The molecule has 5 heteroatoms. The molecule has 2 aliphatic heterocycles. The molecule has 0 amide bonds. The standard InChI is InChI=1S/C19H26N4O/c1-15-2-4-16(5-3-15)19-12-18(24-21-19)14-22-8-10-23(11-9-22)17-6-7-20-13-17/h2-5,12,17,20H,6-11,13-14H2,1H3. The van der Waals surface area contributed by atoms with Gasteiger partial charge in [0.1, 0.15) is 5.69 Å². The molecule has 1 aromatic carbocycles. The Kier molecular flexibility index (Phi) is 4.65. The van der Waals surface area contributed by atoms with Crippen molar-refractivity contribution in [1.29, 1.82) is 0 Å². The lowest BCUT2D eigenvalue weighted by Crippen LogP contribution is -2.50. The summed E-state index contributed by atoms with van der Waals surface area (Å²) in [5.41, 5.74) is 3.31. The Balaban J connectivity index is 1.32. The molecule has 2 aromatic rings. The van der Waals surface area contributed by atoms with Crippen molar-refractivity contribution in [3.05, 3.63) is 41.7 Å². The number of nitrogens with one attached hydrogen (secondary N) is 1. The zero-order chi connectivity index (χ0) is 16.4. The summed E-state index contributed by atoms with van der Waals surface area (Å²) in [5, 5.41) is 7.70. The van der Waals surface area contributed by atoms with Crippen LogP contribution in [0.5, 0.6) is 0 Å². The molecular weight excluding hydrogens is 300 g/mol. The molecule has 0 saturated carbocycles. The van der Waals surface area contributed by atoms with Crippen molar-refractivity contribution in [2.24, 2.45) is 0 Å². The molecule has 0 spiro atoms. The number of rotatable bonds is 4. The molecule has 5 nitrogen and oxygen atoms in total. The number of hydrogen-bond acceptors (Lipinski definition) is 5. The van der Waals surface area contributed by atoms with E-state index in [0.29, 0.717) is 0 Å². The van der Waals surface area contributed by atoms with Gasteiger partial charge in [-0.05, 0) is 19.9 Å². The molecule has 0 radical (unpaired) electrons. The van der Waals surface area contributed by atoms with E-state index >= 15 is 0 Å². The first-order valence-electron chi connectivity index (χ1n) is 8.98. The smallest absolute Gasteiger partial charge is 0.151 e. The minimum Gasteiger partial charge on any atom is -0.359 e. The minimum atomic E-state index is 0.741. The highest BCUT2D eigenvalue weighted by Gasteiger charge is 2.26. The second-order valence-electron chi connectivity index (χ2n) is 7.00. The van der Waals surface area contributed by atoms with E-state index in [1.807, 2.05) is 0 Å². The van der Waals surface area contributed by atoms with Crippen LogP contribution in [-0.4, -0.2) is 60.3 Å². The normalized spacial score (nSPS) is 23.0. The average molecular weight is 326 g/mol. The third-order valence-corrected chi connectivity index (χ3v) is 5.24. The number of benzene rings is 1. The molecule has 128 valence electrons. The van der Waals surface area contributed by atoms with Crippen LogP contribution in [0, 0.1) is 6.92 Å². The van der Waals surface area contributed by atoms with Crippen LogP contribution < -0.4 is 5.32 Å². The summed E-state index contributed by atoms with van der Waals surface area (Å²) in [6, 6.07) is 11.3. The van der Waals surface area contributed by atoms with Gasteiger partial charge in [0.15, 0.2) is 5.76 Å². The molecule has 0 aliphatic carbocycles. The van der Waals surface area contributed by atoms with Crippen LogP contribution in [0.3, 0.4) is 0 Å². The zero-order valence-corrected chi connectivity index (χ0v) is 14.4. The van der Waals surface area contributed by atoms with Crippen molar-refractivity contribution in [3.63, 3.8) is 0 Å². The van der Waals surface area contributed by atoms with Crippen molar-refractivity contribution < 1.29 is 4.52 Å². The van der Waals surface area contributed by atoms with E-state index in [1.165, 1.54) is 18.5 Å². The van der Waals surface area contributed by atoms with Gasteiger partial charge < -0.3 is 9.84 Å². The number of aryl methyl sites for hydroxylation is 1. The van der Waals surface area contributed by atoms with E-state index < -0.39 is 0 Å². The predicted octanol–water partition coefficient (Wildman–Crippen LogP) is 2.13. The van der Waals surface area contributed by atoms with Crippen LogP contribution in [0.1, 0.15) is 17.7 Å². The fourth-order valence-electron chi connectivity index (χ4n) is 3.71. The summed E-state index contributed by atoms with van der Waals surface area (Å²) in [6.45, 7) is 9.81. The molecule has 3 heterocycles. The maximum Gasteiger partial charge on any atom is 0.151 e. The first kappa shape index (κ1) is 15.8. The summed E-state index contributed by atoms with van der Waals surface area (Å²) in [6.07, 6.45) is 1.29. The maximum absolute atomic E-state index is 5.56.